The molecular formula is C13H19N3O. The van der Waals surface area contributed by atoms with E-state index >= 15 is 0 Å². The minimum atomic E-state index is 0.629. The quantitative estimate of drug-likeness (QED) is 0.858. The van der Waals surface area contributed by atoms with Crippen LogP contribution in [0.2, 0.25) is 0 Å². The van der Waals surface area contributed by atoms with Gasteiger partial charge in [0.25, 0.3) is 0 Å². The van der Waals surface area contributed by atoms with Crippen molar-refractivity contribution < 1.29 is 4.74 Å². The number of benzene rings is 1. The van der Waals surface area contributed by atoms with Gasteiger partial charge in [0.05, 0.1) is 18.1 Å². The van der Waals surface area contributed by atoms with Crippen molar-refractivity contribution in [1.29, 1.82) is 0 Å². The highest BCUT2D eigenvalue weighted by molar-refractivity contribution is 5.77. The van der Waals surface area contributed by atoms with Gasteiger partial charge in [0.15, 0.2) is 0 Å². The monoisotopic (exact) mass is 233 g/mol. The van der Waals surface area contributed by atoms with Crippen LogP contribution in [0, 0.1) is 0 Å². The summed E-state index contributed by atoms with van der Waals surface area (Å²) < 4.78 is 7.47. The highest BCUT2D eigenvalue weighted by atomic mass is 16.5. The highest BCUT2D eigenvalue weighted by Crippen LogP contribution is 2.22. The normalized spacial score (nSPS) is 11.0. The summed E-state index contributed by atoms with van der Waals surface area (Å²) in [7, 11) is 1.67. The van der Waals surface area contributed by atoms with Gasteiger partial charge in [-0.2, -0.15) is 0 Å². The van der Waals surface area contributed by atoms with E-state index in [1.54, 1.807) is 7.11 Å². The van der Waals surface area contributed by atoms with Crippen LogP contribution >= 0.6 is 0 Å². The van der Waals surface area contributed by atoms with E-state index in [4.69, 9.17) is 10.5 Å². The number of ether oxygens (including phenoxy) is 1. The van der Waals surface area contributed by atoms with Gasteiger partial charge >= 0.3 is 0 Å². The molecule has 2 N–H and O–H groups in total. The van der Waals surface area contributed by atoms with Crippen LogP contribution < -0.4 is 10.5 Å². The maximum atomic E-state index is 5.63. The van der Waals surface area contributed by atoms with Crippen molar-refractivity contribution >= 4 is 11.0 Å². The largest absolute Gasteiger partial charge is 0.497 e. The lowest BCUT2D eigenvalue weighted by atomic mass is 10.3. The summed E-state index contributed by atoms with van der Waals surface area (Å²) in [5, 5.41) is 0. The molecule has 92 valence electrons. The fourth-order valence-electron chi connectivity index (χ4n) is 2.08. The molecule has 0 spiro atoms. The molecule has 2 rings (SSSR count). The molecule has 0 atom stereocenters. The number of methoxy groups -OCH3 is 1. The van der Waals surface area contributed by atoms with Gasteiger partial charge in [-0.05, 0) is 25.1 Å². The molecule has 17 heavy (non-hydrogen) atoms. The van der Waals surface area contributed by atoms with Crippen LogP contribution in [-0.2, 0) is 13.0 Å². The van der Waals surface area contributed by atoms with Crippen molar-refractivity contribution in [3.05, 3.63) is 24.0 Å². The molecular weight excluding hydrogens is 214 g/mol. The Morgan fingerprint density at radius 2 is 2.24 bits per heavy atom. The topological polar surface area (TPSA) is 53.1 Å². The first-order chi connectivity index (χ1) is 8.30. The molecule has 0 saturated carbocycles. The van der Waals surface area contributed by atoms with E-state index in [0.717, 1.165) is 42.0 Å². The van der Waals surface area contributed by atoms with Gasteiger partial charge in [-0.25, -0.2) is 4.98 Å². The molecule has 4 nitrogen and oxygen atoms in total. The first kappa shape index (κ1) is 11.9. The fourth-order valence-corrected chi connectivity index (χ4v) is 2.08. The second-order valence-electron chi connectivity index (χ2n) is 4.07. The summed E-state index contributed by atoms with van der Waals surface area (Å²) in [6.45, 7) is 3.78. The van der Waals surface area contributed by atoms with Crippen molar-refractivity contribution in [1.82, 2.24) is 9.55 Å². The van der Waals surface area contributed by atoms with Gasteiger partial charge in [0.2, 0.25) is 0 Å². The maximum absolute atomic E-state index is 5.63. The molecule has 0 radical (unpaired) electrons. The van der Waals surface area contributed by atoms with Crippen LogP contribution in [0.5, 0.6) is 5.75 Å². The minimum Gasteiger partial charge on any atom is -0.497 e. The number of hydrogen-bond acceptors (Lipinski definition) is 3. The number of hydrogen-bond donors (Lipinski definition) is 1. The van der Waals surface area contributed by atoms with Gasteiger partial charge in [0, 0.05) is 19.0 Å². The van der Waals surface area contributed by atoms with Crippen molar-refractivity contribution in [2.75, 3.05) is 13.7 Å². The molecule has 0 aliphatic carbocycles. The van der Waals surface area contributed by atoms with E-state index in [2.05, 4.69) is 22.5 Å². The van der Waals surface area contributed by atoms with Crippen LogP contribution in [0.15, 0.2) is 18.2 Å². The van der Waals surface area contributed by atoms with E-state index in [9.17, 15) is 0 Å². The van der Waals surface area contributed by atoms with Crippen LogP contribution in [0.1, 0.15) is 19.2 Å². The summed E-state index contributed by atoms with van der Waals surface area (Å²) in [6, 6.07) is 6.01. The van der Waals surface area contributed by atoms with Crippen LogP contribution in [-0.4, -0.2) is 23.2 Å². The zero-order valence-corrected chi connectivity index (χ0v) is 10.4. The van der Waals surface area contributed by atoms with E-state index in [1.165, 1.54) is 0 Å². The molecule has 1 aromatic heterocycles. The summed E-state index contributed by atoms with van der Waals surface area (Å²) in [5.74, 6) is 1.91. The van der Waals surface area contributed by atoms with Gasteiger partial charge in [-0.15, -0.1) is 0 Å². The van der Waals surface area contributed by atoms with Crippen LogP contribution in [0.4, 0.5) is 0 Å². The maximum Gasteiger partial charge on any atom is 0.121 e. The van der Waals surface area contributed by atoms with Crippen molar-refractivity contribution in [2.45, 2.75) is 26.3 Å². The summed E-state index contributed by atoms with van der Waals surface area (Å²) >= 11 is 0. The van der Waals surface area contributed by atoms with Gasteiger partial charge in [0.1, 0.15) is 11.6 Å². The number of aromatic nitrogens is 2. The van der Waals surface area contributed by atoms with Gasteiger partial charge < -0.3 is 15.0 Å². The Balaban J connectivity index is 2.52. The van der Waals surface area contributed by atoms with Crippen LogP contribution in [0.3, 0.4) is 0 Å². The summed E-state index contributed by atoms with van der Waals surface area (Å²) in [6.07, 6.45) is 1.91. The Kier molecular flexibility index (Phi) is 3.64. The lowest BCUT2D eigenvalue weighted by molar-refractivity contribution is 0.415. The zero-order valence-electron chi connectivity index (χ0n) is 10.4. The molecule has 0 aliphatic rings. The summed E-state index contributed by atoms with van der Waals surface area (Å²) in [5.41, 5.74) is 7.78. The fraction of sp³-hybridized carbons (Fsp3) is 0.462. The smallest absolute Gasteiger partial charge is 0.121 e. The average Bonchev–Trinajstić information content (AvgIpc) is 2.68. The van der Waals surface area contributed by atoms with E-state index < -0.39 is 0 Å². The lowest BCUT2D eigenvalue weighted by Crippen LogP contribution is -2.10. The Morgan fingerprint density at radius 3 is 2.88 bits per heavy atom. The number of nitrogens with two attached hydrogens (primary N) is 1. The Morgan fingerprint density at radius 1 is 1.41 bits per heavy atom. The Bertz CT molecular complexity index is 505. The molecule has 4 heteroatoms. The molecule has 1 aromatic carbocycles. The van der Waals surface area contributed by atoms with Gasteiger partial charge in [-0.1, -0.05) is 6.92 Å². The van der Waals surface area contributed by atoms with E-state index in [-0.39, 0.29) is 0 Å². The second-order valence-corrected chi connectivity index (χ2v) is 4.07. The minimum absolute atomic E-state index is 0.629. The molecule has 0 fully saturated rings. The molecule has 2 aromatic rings. The highest BCUT2D eigenvalue weighted by Gasteiger charge is 2.09. The number of aryl methyl sites for hydroxylation is 1. The van der Waals surface area contributed by atoms with Crippen molar-refractivity contribution in [3.8, 4) is 5.75 Å². The predicted molar refractivity (Wildman–Crippen MR) is 69.3 cm³/mol. The molecule has 0 saturated heterocycles. The van der Waals surface area contributed by atoms with Crippen molar-refractivity contribution in [2.24, 2.45) is 5.73 Å². The molecule has 0 unspecified atom stereocenters. The molecule has 0 bridgehead atoms. The number of rotatable bonds is 5. The predicted octanol–water partition coefficient (Wildman–Crippen LogP) is 1.96. The average molecular weight is 233 g/mol. The molecule has 0 amide bonds. The molecule has 1 heterocycles. The SMILES string of the molecule is CCCn1c(CCN)nc2cc(OC)ccc21. The lowest BCUT2D eigenvalue weighted by Gasteiger charge is -2.06. The molecule has 0 aliphatic heterocycles. The van der Waals surface area contributed by atoms with Crippen LogP contribution in [0.25, 0.3) is 11.0 Å². The van der Waals surface area contributed by atoms with Crippen molar-refractivity contribution in [3.63, 3.8) is 0 Å². The second kappa shape index (κ2) is 5.19. The first-order valence-corrected chi connectivity index (χ1v) is 6.03. The number of imidazole rings is 1. The first-order valence-electron chi connectivity index (χ1n) is 6.03. The third kappa shape index (κ3) is 2.26. The summed E-state index contributed by atoms with van der Waals surface area (Å²) in [4.78, 5) is 4.63. The Hall–Kier alpha value is -1.55. The third-order valence-corrected chi connectivity index (χ3v) is 2.85. The number of nitrogens with zero attached hydrogens (tertiary/aromatic N) is 2. The van der Waals surface area contributed by atoms with Gasteiger partial charge in [-0.3, -0.25) is 0 Å². The Labute approximate surface area is 101 Å². The van der Waals surface area contributed by atoms with E-state index in [1.807, 2.05) is 12.1 Å². The zero-order chi connectivity index (χ0) is 12.3. The number of fused-ring (bicyclic) bond motifs is 1. The van der Waals surface area contributed by atoms with E-state index in [0.29, 0.717) is 6.54 Å². The third-order valence-electron chi connectivity index (χ3n) is 2.85. The standard InChI is InChI=1S/C13H19N3O/c1-3-8-16-12-5-4-10(17-2)9-11(12)15-13(16)6-7-14/h4-5,9H,3,6-8,14H2,1-2H3.